The van der Waals surface area contributed by atoms with Crippen LogP contribution in [0.25, 0.3) is 0 Å². The first-order valence-corrected chi connectivity index (χ1v) is 7.73. The molecule has 0 saturated carbocycles. The van der Waals surface area contributed by atoms with E-state index in [9.17, 15) is 22.8 Å². The second kappa shape index (κ2) is 9.81. The molecule has 0 aliphatic heterocycles. The molecular formula is C17H20F3NO6. The largest absolute Gasteiger partial charge is 0.573 e. The summed E-state index contributed by atoms with van der Waals surface area (Å²) in [4.78, 5) is 23.5. The Morgan fingerprint density at radius 3 is 2.44 bits per heavy atom. The minimum Gasteiger partial charge on any atom is -0.486 e. The van der Waals surface area contributed by atoms with Crippen LogP contribution in [0.2, 0.25) is 0 Å². The van der Waals surface area contributed by atoms with Crippen LogP contribution in [0.15, 0.2) is 29.8 Å². The van der Waals surface area contributed by atoms with Gasteiger partial charge in [-0.3, -0.25) is 4.79 Å². The van der Waals surface area contributed by atoms with Gasteiger partial charge < -0.3 is 24.6 Å². The van der Waals surface area contributed by atoms with E-state index in [0.29, 0.717) is 0 Å². The molecule has 0 bridgehead atoms. The number of methoxy groups -OCH3 is 1. The van der Waals surface area contributed by atoms with Crippen molar-refractivity contribution in [1.29, 1.82) is 0 Å². The van der Waals surface area contributed by atoms with E-state index in [-0.39, 0.29) is 17.9 Å². The van der Waals surface area contributed by atoms with E-state index >= 15 is 0 Å². The molecule has 0 spiro atoms. The Bertz CT molecular complexity index is 698. The third-order valence-electron chi connectivity index (χ3n) is 3.14. The fourth-order valence-corrected chi connectivity index (χ4v) is 1.83. The topological polar surface area (TPSA) is 94.1 Å². The molecule has 150 valence electrons. The summed E-state index contributed by atoms with van der Waals surface area (Å²) in [6, 6.07) is 1.80. The molecule has 1 atom stereocenters. The zero-order valence-corrected chi connectivity index (χ0v) is 14.9. The number of alkyl halides is 3. The van der Waals surface area contributed by atoms with Gasteiger partial charge in [0.15, 0.2) is 17.5 Å². The Labute approximate surface area is 153 Å². The summed E-state index contributed by atoms with van der Waals surface area (Å²) in [5, 5.41) is 11.3. The van der Waals surface area contributed by atoms with Crippen molar-refractivity contribution < 1.29 is 42.1 Å². The lowest BCUT2D eigenvalue weighted by Gasteiger charge is -2.16. The number of carbonyl (C=O) groups excluding carboxylic acids is 2. The van der Waals surface area contributed by atoms with Crippen molar-refractivity contribution in [2.45, 2.75) is 26.3 Å². The second-order valence-corrected chi connectivity index (χ2v) is 5.53. The maximum absolute atomic E-state index is 12.6. The van der Waals surface area contributed by atoms with Gasteiger partial charge in [-0.1, -0.05) is 5.57 Å². The average Bonchev–Trinajstić information content (AvgIpc) is 2.58. The number of hydrogen-bond donors (Lipinski definition) is 2. The molecule has 1 aromatic rings. The van der Waals surface area contributed by atoms with Crippen molar-refractivity contribution in [2.75, 3.05) is 20.3 Å². The number of ether oxygens (including phenoxy) is 3. The quantitative estimate of drug-likeness (QED) is 0.521. The minimum atomic E-state index is -5.00. The molecule has 7 nitrogen and oxygen atoms in total. The standard InChI is InChI=1S/C17H20F3NO6/c1-10(2)6-7-26-13-5-4-11(8-14(13)27-17(18,19)20)15(23)21-12(9-22)16(24)25-3/h4-6,8,12,22H,7,9H2,1-3H3,(H,21,23). The van der Waals surface area contributed by atoms with Crippen molar-refractivity contribution >= 4 is 11.9 Å². The number of halogens is 3. The molecule has 0 aromatic heterocycles. The van der Waals surface area contributed by atoms with Gasteiger partial charge in [0.2, 0.25) is 0 Å². The van der Waals surface area contributed by atoms with E-state index in [1.807, 2.05) is 0 Å². The van der Waals surface area contributed by atoms with Gasteiger partial charge in [0.1, 0.15) is 6.61 Å². The number of rotatable bonds is 8. The summed E-state index contributed by atoms with van der Waals surface area (Å²) in [6.07, 6.45) is -3.34. The first-order valence-electron chi connectivity index (χ1n) is 7.73. The van der Waals surface area contributed by atoms with E-state index < -0.39 is 36.6 Å². The highest BCUT2D eigenvalue weighted by Crippen LogP contribution is 2.33. The Morgan fingerprint density at radius 2 is 1.93 bits per heavy atom. The van der Waals surface area contributed by atoms with E-state index in [0.717, 1.165) is 24.8 Å². The highest BCUT2D eigenvalue weighted by Gasteiger charge is 2.33. The molecule has 0 radical (unpaired) electrons. The van der Waals surface area contributed by atoms with Crippen molar-refractivity contribution in [1.82, 2.24) is 5.32 Å². The summed E-state index contributed by atoms with van der Waals surface area (Å²) in [5.74, 6) is -2.73. The smallest absolute Gasteiger partial charge is 0.486 e. The Morgan fingerprint density at radius 1 is 1.26 bits per heavy atom. The number of aliphatic hydroxyl groups excluding tert-OH is 1. The molecule has 2 N–H and O–H groups in total. The van der Waals surface area contributed by atoms with Crippen molar-refractivity contribution in [3.05, 3.63) is 35.4 Å². The number of amides is 1. The number of nitrogens with one attached hydrogen (secondary N) is 1. The molecule has 0 aliphatic rings. The van der Waals surface area contributed by atoms with E-state index in [1.54, 1.807) is 19.9 Å². The van der Waals surface area contributed by atoms with E-state index in [1.165, 1.54) is 6.07 Å². The summed E-state index contributed by atoms with van der Waals surface area (Å²) >= 11 is 0. The zero-order chi connectivity index (χ0) is 20.6. The van der Waals surface area contributed by atoms with Crippen LogP contribution in [0.1, 0.15) is 24.2 Å². The highest BCUT2D eigenvalue weighted by molar-refractivity contribution is 5.97. The summed E-state index contributed by atoms with van der Waals surface area (Å²) in [6.45, 7) is 2.86. The number of benzene rings is 1. The van der Waals surface area contributed by atoms with E-state index in [4.69, 9.17) is 9.84 Å². The second-order valence-electron chi connectivity index (χ2n) is 5.53. The first kappa shape index (κ1) is 22.3. The van der Waals surface area contributed by atoms with Crippen molar-refractivity contribution in [2.24, 2.45) is 0 Å². The molecule has 0 saturated heterocycles. The normalized spacial score (nSPS) is 12.0. The van der Waals surface area contributed by atoms with Gasteiger partial charge in [-0.15, -0.1) is 13.2 Å². The van der Waals surface area contributed by atoms with Gasteiger partial charge in [-0.05, 0) is 38.1 Å². The number of hydrogen-bond acceptors (Lipinski definition) is 6. The summed E-state index contributed by atoms with van der Waals surface area (Å²) in [5.41, 5.74) is 0.674. The van der Waals surface area contributed by atoms with Crippen LogP contribution < -0.4 is 14.8 Å². The fraction of sp³-hybridized carbons (Fsp3) is 0.412. The van der Waals surface area contributed by atoms with Crippen LogP contribution in [0.4, 0.5) is 13.2 Å². The van der Waals surface area contributed by atoms with Crippen LogP contribution in [0.3, 0.4) is 0 Å². The zero-order valence-electron chi connectivity index (χ0n) is 14.9. The van der Waals surface area contributed by atoms with Crippen molar-refractivity contribution in [3.8, 4) is 11.5 Å². The van der Waals surface area contributed by atoms with Crippen molar-refractivity contribution in [3.63, 3.8) is 0 Å². The number of aliphatic hydroxyl groups is 1. The molecule has 1 aromatic carbocycles. The predicted molar refractivity (Wildman–Crippen MR) is 88.4 cm³/mol. The summed E-state index contributed by atoms with van der Waals surface area (Å²) < 4.78 is 51.5. The fourth-order valence-electron chi connectivity index (χ4n) is 1.83. The Kier molecular flexibility index (Phi) is 8.10. The van der Waals surface area contributed by atoms with E-state index in [2.05, 4.69) is 14.8 Å². The van der Waals surface area contributed by atoms with Crippen LogP contribution in [-0.4, -0.2) is 49.7 Å². The maximum Gasteiger partial charge on any atom is 0.573 e. The van der Waals surface area contributed by atoms with Crippen LogP contribution in [0.5, 0.6) is 11.5 Å². The molecule has 0 heterocycles. The molecule has 0 fully saturated rings. The molecule has 1 unspecified atom stereocenters. The number of allylic oxidation sites excluding steroid dienone is 1. The molecule has 1 amide bonds. The van der Waals surface area contributed by atoms with Crippen LogP contribution >= 0.6 is 0 Å². The minimum absolute atomic E-state index is 0.0109. The highest BCUT2D eigenvalue weighted by atomic mass is 19.4. The molecule has 10 heteroatoms. The van der Waals surface area contributed by atoms with Gasteiger partial charge in [0.05, 0.1) is 13.7 Å². The van der Waals surface area contributed by atoms with Gasteiger partial charge >= 0.3 is 12.3 Å². The molecule has 0 aliphatic carbocycles. The Hall–Kier alpha value is -2.75. The molecule has 1 rings (SSSR count). The number of esters is 1. The Balaban J connectivity index is 3.07. The monoisotopic (exact) mass is 391 g/mol. The first-order chi connectivity index (χ1) is 12.6. The van der Waals surface area contributed by atoms with Gasteiger partial charge in [0.25, 0.3) is 5.91 Å². The third kappa shape index (κ3) is 7.57. The molecular weight excluding hydrogens is 371 g/mol. The lowest BCUT2D eigenvalue weighted by atomic mass is 10.1. The SMILES string of the molecule is COC(=O)C(CO)NC(=O)c1ccc(OCC=C(C)C)c(OC(F)(F)F)c1. The number of carbonyl (C=O) groups is 2. The van der Waals surface area contributed by atoms with Crippen LogP contribution in [-0.2, 0) is 9.53 Å². The predicted octanol–water partition coefficient (Wildman–Crippen LogP) is 2.19. The van der Waals surface area contributed by atoms with Gasteiger partial charge in [-0.2, -0.15) is 0 Å². The lowest BCUT2D eigenvalue weighted by molar-refractivity contribution is -0.275. The summed E-state index contributed by atoms with van der Waals surface area (Å²) in [7, 11) is 1.06. The van der Waals surface area contributed by atoms with Crippen LogP contribution in [0, 0.1) is 0 Å². The third-order valence-corrected chi connectivity index (χ3v) is 3.14. The average molecular weight is 391 g/mol. The lowest BCUT2D eigenvalue weighted by Crippen LogP contribution is -2.44. The van der Waals surface area contributed by atoms with Gasteiger partial charge in [-0.25, -0.2) is 4.79 Å². The molecule has 27 heavy (non-hydrogen) atoms. The maximum atomic E-state index is 12.6. The van der Waals surface area contributed by atoms with Gasteiger partial charge in [0, 0.05) is 5.56 Å².